The van der Waals surface area contributed by atoms with E-state index in [2.05, 4.69) is 103 Å². The lowest BCUT2D eigenvalue weighted by atomic mass is 10.1. The molecule has 0 aromatic heterocycles. The van der Waals surface area contributed by atoms with Crippen LogP contribution in [0.3, 0.4) is 0 Å². The predicted octanol–water partition coefficient (Wildman–Crippen LogP) is 5.33. The van der Waals surface area contributed by atoms with Gasteiger partial charge in [-0.15, -0.1) is 0 Å². The first-order valence-corrected chi connectivity index (χ1v) is 9.34. The number of rotatable bonds is 3. The van der Waals surface area contributed by atoms with E-state index in [0.717, 1.165) is 0 Å². The first-order chi connectivity index (χ1) is 11.4. The minimum atomic E-state index is -0.414. The summed E-state index contributed by atoms with van der Waals surface area (Å²) in [6.07, 6.45) is 4.72. The molecule has 2 unspecified atom stereocenters. The Morgan fingerprint density at radius 3 is 1.83 bits per heavy atom. The number of allylic oxidation sites excluding steroid dienone is 2. The standard InChI is InChI=1S/C22H18P/c1-4-10-18(11-5-1)21-16-17-22(19-12-6-2-7-13-19)23(21)20-14-8-3-9-15-20/h1-17,21H/q+1. The van der Waals surface area contributed by atoms with Crippen molar-refractivity contribution in [2.45, 2.75) is 5.66 Å². The van der Waals surface area contributed by atoms with E-state index >= 15 is 0 Å². The Balaban J connectivity index is 1.90. The SMILES string of the molecule is C1=CC(c2ccccc2)[P+](c2ccccc2)=C1c1ccccc1. The van der Waals surface area contributed by atoms with Crippen LogP contribution in [-0.2, 0) is 0 Å². The summed E-state index contributed by atoms with van der Waals surface area (Å²) in [6.45, 7) is 0. The second-order valence-electron chi connectivity index (χ2n) is 5.67. The largest absolute Gasteiger partial charge is 0.166 e. The van der Waals surface area contributed by atoms with Gasteiger partial charge in [0.25, 0.3) is 0 Å². The highest BCUT2D eigenvalue weighted by Gasteiger charge is 2.35. The lowest BCUT2D eigenvalue weighted by molar-refractivity contribution is 1.23. The maximum absolute atomic E-state index is 2.39. The fraction of sp³-hybridized carbons (Fsp3) is 0.0455. The van der Waals surface area contributed by atoms with Gasteiger partial charge in [-0.1, -0.05) is 78.9 Å². The van der Waals surface area contributed by atoms with Crippen molar-refractivity contribution in [3.63, 3.8) is 0 Å². The van der Waals surface area contributed by atoms with Gasteiger partial charge >= 0.3 is 0 Å². The first kappa shape index (κ1) is 14.2. The minimum Gasteiger partial charge on any atom is -0.0622 e. The molecule has 0 N–H and O–H groups in total. The van der Waals surface area contributed by atoms with Crippen LogP contribution >= 0.6 is 7.55 Å². The Morgan fingerprint density at radius 1 is 0.609 bits per heavy atom. The second kappa shape index (κ2) is 6.36. The van der Waals surface area contributed by atoms with Crippen molar-refractivity contribution < 1.29 is 0 Å². The van der Waals surface area contributed by atoms with E-state index in [4.69, 9.17) is 0 Å². The van der Waals surface area contributed by atoms with Gasteiger partial charge in [0.2, 0.25) is 0 Å². The molecule has 0 radical (unpaired) electrons. The van der Waals surface area contributed by atoms with Crippen LogP contribution < -0.4 is 5.30 Å². The molecule has 23 heavy (non-hydrogen) atoms. The maximum Gasteiger partial charge on any atom is 0.166 e. The van der Waals surface area contributed by atoms with E-state index in [1.54, 1.807) is 0 Å². The molecule has 1 aliphatic rings. The van der Waals surface area contributed by atoms with Crippen LogP contribution in [0.1, 0.15) is 16.8 Å². The molecule has 2 atom stereocenters. The average molecular weight is 313 g/mol. The van der Waals surface area contributed by atoms with Crippen molar-refractivity contribution >= 4 is 18.1 Å². The molecule has 0 nitrogen and oxygen atoms in total. The summed E-state index contributed by atoms with van der Waals surface area (Å²) in [5.41, 5.74) is 3.21. The van der Waals surface area contributed by atoms with Crippen molar-refractivity contribution in [1.29, 1.82) is 0 Å². The highest BCUT2D eigenvalue weighted by Crippen LogP contribution is 2.49. The van der Waals surface area contributed by atoms with Gasteiger partial charge in [0.1, 0.15) is 5.30 Å². The molecule has 3 aromatic carbocycles. The van der Waals surface area contributed by atoms with Crippen molar-refractivity contribution in [2.75, 3.05) is 0 Å². The third kappa shape index (κ3) is 2.79. The molecule has 3 aromatic rings. The zero-order valence-electron chi connectivity index (χ0n) is 12.8. The van der Waals surface area contributed by atoms with Gasteiger partial charge in [-0.2, -0.15) is 0 Å². The molecule has 1 heterocycles. The number of hydrogen-bond donors (Lipinski definition) is 0. The topological polar surface area (TPSA) is 0 Å². The zero-order chi connectivity index (χ0) is 15.5. The molecule has 0 bridgehead atoms. The molecule has 0 saturated carbocycles. The molecule has 1 heteroatoms. The smallest absolute Gasteiger partial charge is 0.0622 e. The van der Waals surface area contributed by atoms with Crippen LogP contribution in [0.2, 0.25) is 0 Å². The Bertz CT molecular complexity index is 846. The highest BCUT2D eigenvalue weighted by atomic mass is 31.1. The third-order valence-corrected chi connectivity index (χ3v) is 7.03. The van der Waals surface area contributed by atoms with Crippen LogP contribution in [0.4, 0.5) is 0 Å². The van der Waals surface area contributed by atoms with E-state index in [0.29, 0.717) is 5.66 Å². The molecule has 0 amide bonds. The average Bonchev–Trinajstić information content (AvgIpc) is 3.09. The fourth-order valence-corrected chi connectivity index (χ4v) is 5.94. The van der Waals surface area contributed by atoms with Gasteiger partial charge in [-0.05, 0) is 24.3 Å². The Kier molecular flexibility index (Phi) is 3.92. The summed E-state index contributed by atoms with van der Waals surface area (Å²) >= 11 is 0. The lowest BCUT2D eigenvalue weighted by Crippen LogP contribution is -2.04. The summed E-state index contributed by atoms with van der Waals surface area (Å²) in [5.74, 6) is 0. The first-order valence-electron chi connectivity index (χ1n) is 7.93. The minimum absolute atomic E-state index is 0.414. The highest BCUT2D eigenvalue weighted by molar-refractivity contribution is 7.68. The van der Waals surface area contributed by atoms with Gasteiger partial charge in [-0.25, -0.2) is 0 Å². The summed E-state index contributed by atoms with van der Waals surface area (Å²) < 4.78 is 0. The summed E-state index contributed by atoms with van der Waals surface area (Å²) in [5, 5.41) is 2.92. The molecular weight excluding hydrogens is 295 g/mol. The number of benzene rings is 3. The van der Waals surface area contributed by atoms with Crippen molar-refractivity contribution in [1.82, 2.24) is 0 Å². The predicted molar refractivity (Wildman–Crippen MR) is 102 cm³/mol. The van der Waals surface area contributed by atoms with Crippen LogP contribution in [0.15, 0.2) is 103 Å². The Labute approximate surface area is 138 Å². The molecule has 0 saturated heterocycles. The van der Waals surface area contributed by atoms with E-state index in [1.165, 1.54) is 21.7 Å². The third-order valence-electron chi connectivity index (χ3n) is 4.22. The molecule has 110 valence electrons. The van der Waals surface area contributed by atoms with Gasteiger partial charge < -0.3 is 0 Å². The fourth-order valence-electron chi connectivity index (χ4n) is 3.14. The molecule has 4 rings (SSSR count). The van der Waals surface area contributed by atoms with Crippen LogP contribution in [-0.4, -0.2) is 5.29 Å². The van der Waals surface area contributed by atoms with Gasteiger partial charge in [0, 0.05) is 11.1 Å². The van der Waals surface area contributed by atoms with E-state index in [-0.39, 0.29) is 0 Å². The van der Waals surface area contributed by atoms with Crippen molar-refractivity contribution in [3.05, 3.63) is 114 Å². The zero-order valence-corrected chi connectivity index (χ0v) is 13.7. The van der Waals surface area contributed by atoms with E-state index in [1.807, 2.05) is 0 Å². The van der Waals surface area contributed by atoms with Crippen LogP contribution in [0.5, 0.6) is 0 Å². The summed E-state index contributed by atoms with van der Waals surface area (Å²) in [7, 11) is -0.414. The van der Waals surface area contributed by atoms with Gasteiger partial charge in [0.15, 0.2) is 18.5 Å². The Hall–Kier alpha value is -2.43. The van der Waals surface area contributed by atoms with E-state index < -0.39 is 7.55 Å². The molecule has 0 aliphatic carbocycles. The summed E-state index contributed by atoms with van der Waals surface area (Å²) in [4.78, 5) is 0. The molecule has 1 aliphatic heterocycles. The quantitative estimate of drug-likeness (QED) is 0.574. The molecular formula is C22H18P+. The molecule has 0 spiro atoms. The normalized spacial score (nSPS) is 18.3. The Morgan fingerprint density at radius 2 is 1.17 bits per heavy atom. The number of hydrogen-bond acceptors (Lipinski definition) is 0. The van der Waals surface area contributed by atoms with Gasteiger partial charge in [0.05, 0.1) is 0 Å². The van der Waals surface area contributed by atoms with Crippen molar-refractivity contribution in [3.8, 4) is 0 Å². The lowest BCUT2D eigenvalue weighted by Gasteiger charge is -2.06. The van der Waals surface area contributed by atoms with E-state index in [9.17, 15) is 0 Å². The van der Waals surface area contributed by atoms with Crippen LogP contribution in [0.25, 0.3) is 0 Å². The monoisotopic (exact) mass is 313 g/mol. The van der Waals surface area contributed by atoms with Crippen LogP contribution in [0, 0.1) is 0 Å². The maximum atomic E-state index is 2.39. The van der Waals surface area contributed by atoms with Crippen molar-refractivity contribution in [2.24, 2.45) is 0 Å². The second-order valence-corrected chi connectivity index (χ2v) is 7.97. The van der Waals surface area contributed by atoms with Gasteiger partial charge in [-0.3, -0.25) is 0 Å². The molecule has 0 fully saturated rings. The summed E-state index contributed by atoms with van der Waals surface area (Å²) in [6, 6.07) is 32.6.